The summed E-state index contributed by atoms with van der Waals surface area (Å²) in [5.41, 5.74) is 1.95. The molecule has 0 amide bonds. The topological polar surface area (TPSA) is 47.5 Å². The van der Waals surface area contributed by atoms with Gasteiger partial charge in [-0.3, -0.25) is 4.90 Å². The van der Waals surface area contributed by atoms with Gasteiger partial charge in [0.15, 0.2) is 5.82 Å². The highest BCUT2D eigenvalue weighted by Gasteiger charge is 2.09. The lowest BCUT2D eigenvalue weighted by atomic mass is 10.2. The zero-order chi connectivity index (χ0) is 18.0. The van der Waals surface area contributed by atoms with Crippen LogP contribution in [-0.2, 0) is 4.74 Å². The zero-order valence-electron chi connectivity index (χ0n) is 15.7. The lowest BCUT2D eigenvalue weighted by molar-refractivity contribution is 0.0371. The number of hydrogen-bond donors (Lipinski definition) is 0. The molecule has 0 N–H and O–H groups in total. The van der Waals surface area contributed by atoms with Crippen LogP contribution in [0.25, 0.3) is 11.4 Å². The van der Waals surface area contributed by atoms with Gasteiger partial charge < -0.3 is 9.47 Å². The fraction of sp³-hybridized carbons (Fsp3) is 0.524. The molecule has 1 aromatic heterocycles. The second kappa shape index (κ2) is 10.2. The molecule has 3 rings (SSSR count). The number of nitrogens with zero attached hydrogens (tertiary/aromatic N) is 3. The van der Waals surface area contributed by atoms with Gasteiger partial charge >= 0.3 is 0 Å². The van der Waals surface area contributed by atoms with Crippen LogP contribution >= 0.6 is 0 Å². The van der Waals surface area contributed by atoms with E-state index in [1.165, 1.54) is 25.8 Å². The molecule has 2 heterocycles. The summed E-state index contributed by atoms with van der Waals surface area (Å²) in [7, 11) is 0. The number of rotatable bonds is 9. The third-order valence-electron chi connectivity index (χ3n) is 4.59. The van der Waals surface area contributed by atoms with E-state index in [9.17, 15) is 0 Å². The van der Waals surface area contributed by atoms with E-state index < -0.39 is 0 Å². The molecule has 5 heteroatoms. The molecule has 1 aliphatic rings. The second-order valence-corrected chi connectivity index (χ2v) is 6.75. The highest BCUT2D eigenvalue weighted by Crippen LogP contribution is 2.19. The van der Waals surface area contributed by atoms with E-state index in [1.807, 2.05) is 43.3 Å². The molecule has 0 atom stereocenters. The van der Waals surface area contributed by atoms with Crippen LogP contribution in [0.5, 0.6) is 5.88 Å². The molecule has 2 aromatic rings. The summed E-state index contributed by atoms with van der Waals surface area (Å²) in [6, 6.07) is 11.9. The number of ether oxygens (including phenoxy) is 2. The van der Waals surface area contributed by atoms with Crippen molar-refractivity contribution in [3.8, 4) is 17.3 Å². The Kier molecular flexibility index (Phi) is 7.40. The molecule has 0 bridgehead atoms. The molecule has 1 aliphatic heterocycles. The maximum atomic E-state index is 5.87. The van der Waals surface area contributed by atoms with E-state index in [4.69, 9.17) is 9.47 Å². The van der Waals surface area contributed by atoms with Gasteiger partial charge in [-0.1, -0.05) is 43.2 Å². The predicted molar refractivity (Wildman–Crippen MR) is 103 cm³/mol. The van der Waals surface area contributed by atoms with Crippen LogP contribution in [0.1, 0.15) is 31.4 Å². The molecular formula is C21H29N3O2. The van der Waals surface area contributed by atoms with E-state index >= 15 is 0 Å². The van der Waals surface area contributed by atoms with Gasteiger partial charge in [0.25, 0.3) is 0 Å². The summed E-state index contributed by atoms with van der Waals surface area (Å²) in [6.45, 7) is 7.82. The molecule has 26 heavy (non-hydrogen) atoms. The average Bonchev–Trinajstić information content (AvgIpc) is 2.68. The number of hydrogen-bond acceptors (Lipinski definition) is 5. The molecule has 5 nitrogen and oxygen atoms in total. The van der Waals surface area contributed by atoms with Crippen LogP contribution in [0.3, 0.4) is 0 Å². The van der Waals surface area contributed by atoms with E-state index in [1.54, 1.807) is 0 Å². The van der Waals surface area contributed by atoms with Crippen molar-refractivity contribution in [1.29, 1.82) is 0 Å². The maximum absolute atomic E-state index is 5.87. The first kappa shape index (κ1) is 18.8. The first-order chi connectivity index (χ1) is 12.8. The smallest absolute Gasteiger partial charge is 0.217 e. The van der Waals surface area contributed by atoms with E-state index in [0.717, 1.165) is 49.8 Å². The Morgan fingerprint density at radius 2 is 1.77 bits per heavy atom. The van der Waals surface area contributed by atoms with E-state index in [2.05, 4.69) is 14.9 Å². The highest BCUT2D eigenvalue weighted by atomic mass is 16.5. The van der Waals surface area contributed by atoms with Gasteiger partial charge in [-0.25, -0.2) is 4.98 Å². The van der Waals surface area contributed by atoms with Crippen molar-refractivity contribution >= 4 is 0 Å². The fourth-order valence-corrected chi connectivity index (χ4v) is 3.12. The highest BCUT2D eigenvalue weighted by molar-refractivity contribution is 5.55. The standard InChI is InChI=1S/C21H29N3O2/c1-18-17-20(23-21(22-18)19-9-5-4-6-10-19)26-14-8-3-2-7-11-24-12-15-25-16-13-24/h4-6,9-10,17H,2-3,7-8,11-16H2,1H3. The lowest BCUT2D eigenvalue weighted by Crippen LogP contribution is -2.36. The van der Waals surface area contributed by atoms with Crippen molar-refractivity contribution in [2.24, 2.45) is 0 Å². The van der Waals surface area contributed by atoms with Crippen LogP contribution in [0.15, 0.2) is 36.4 Å². The van der Waals surface area contributed by atoms with Crippen molar-refractivity contribution in [2.75, 3.05) is 39.5 Å². The van der Waals surface area contributed by atoms with Gasteiger partial charge in [-0.05, 0) is 26.3 Å². The molecule has 1 fully saturated rings. The Bertz CT molecular complexity index is 658. The van der Waals surface area contributed by atoms with Gasteiger partial charge in [-0.15, -0.1) is 0 Å². The summed E-state index contributed by atoms with van der Waals surface area (Å²) >= 11 is 0. The van der Waals surface area contributed by atoms with Crippen molar-refractivity contribution < 1.29 is 9.47 Å². The quantitative estimate of drug-likeness (QED) is 0.642. The Hall–Kier alpha value is -1.98. The van der Waals surface area contributed by atoms with Crippen molar-refractivity contribution in [2.45, 2.75) is 32.6 Å². The third-order valence-corrected chi connectivity index (χ3v) is 4.59. The summed E-state index contributed by atoms with van der Waals surface area (Å²) in [5.74, 6) is 1.40. The van der Waals surface area contributed by atoms with Crippen molar-refractivity contribution in [3.05, 3.63) is 42.1 Å². The first-order valence-corrected chi connectivity index (χ1v) is 9.65. The second-order valence-electron chi connectivity index (χ2n) is 6.75. The van der Waals surface area contributed by atoms with Gasteiger partial charge in [0.2, 0.25) is 5.88 Å². The molecule has 0 saturated carbocycles. The minimum Gasteiger partial charge on any atom is -0.478 e. The summed E-state index contributed by atoms with van der Waals surface area (Å²) in [4.78, 5) is 11.6. The summed E-state index contributed by atoms with van der Waals surface area (Å²) < 4.78 is 11.2. The third kappa shape index (κ3) is 6.07. The molecule has 1 saturated heterocycles. The van der Waals surface area contributed by atoms with Crippen LogP contribution < -0.4 is 4.74 Å². The number of aryl methyl sites for hydroxylation is 1. The Balaban J connectivity index is 1.36. The van der Waals surface area contributed by atoms with Gasteiger partial charge in [0.1, 0.15) is 0 Å². The number of morpholine rings is 1. The van der Waals surface area contributed by atoms with E-state index in [0.29, 0.717) is 12.5 Å². The normalized spacial score (nSPS) is 15.1. The molecule has 0 spiro atoms. The molecule has 0 radical (unpaired) electrons. The Morgan fingerprint density at radius 1 is 1.00 bits per heavy atom. The minimum atomic E-state index is 0.671. The molecule has 0 aliphatic carbocycles. The summed E-state index contributed by atoms with van der Waals surface area (Å²) in [6.07, 6.45) is 4.76. The van der Waals surface area contributed by atoms with Crippen molar-refractivity contribution in [1.82, 2.24) is 14.9 Å². The first-order valence-electron chi connectivity index (χ1n) is 9.65. The van der Waals surface area contributed by atoms with Gasteiger partial charge in [0.05, 0.1) is 19.8 Å². The monoisotopic (exact) mass is 355 g/mol. The van der Waals surface area contributed by atoms with Crippen LogP contribution in [0.2, 0.25) is 0 Å². The minimum absolute atomic E-state index is 0.671. The SMILES string of the molecule is Cc1cc(OCCCCCCN2CCOCC2)nc(-c2ccccc2)n1. The molecule has 140 valence electrons. The fourth-order valence-electron chi connectivity index (χ4n) is 3.12. The van der Waals surface area contributed by atoms with Crippen molar-refractivity contribution in [3.63, 3.8) is 0 Å². The lowest BCUT2D eigenvalue weighted by Gasteiger charge is -2.26. The van der Waals surface area contributed by atoms with Crippen LogP contribution in [0.4, 0.5) is 0 Å². The maximum Gasteiger partial charge on any atom is 0.217 e. The molecule has 0 unspecified atom stereocenters. The number of benzene rings is 1. The molecule has 1 aromatic carbocycles. The Morgan fingerprint density at radius 3 is 2.58 bits per heavy atom. The largest absolute Gasteiger partial charge is 0.478 e. The van der Waals surface area contributed by atoms with E-state index in [-0.39, 0.29) is 0 Å². The number of unbranched alkanes of at least 4 members (excludes halogenated alkanes) is 3. The molecular weight excluding hydrogens is 326 g/mol. The Labute approximate surface area is 156 Å². The zero-order valence-corrected chi connectivity index (χ0v) is 15.7. The van der Waals surface area contributed by atoms with Crippen LogP contribution in [-0.4, -0.2) is 54.3 Å². The average molecular weight is 355 g/mol. The van der Waals surface area contributed by atoms with Gasteiger partial charge in [-0.2, -0.15) is 4.98 Å². The van der Waals surface area contributed by atoms with Gasteiger partial charge in [0, 0.05) is 30.4 Å². The number of aromatic nitrogens is 2. The predicted octanol–water partition coefficient (Wildman–Crippen LogP) is 3.72. The summed E-state index contributed by atoms with van der Waals surface area (Å²) in [5, 5.41) is 0. The van der Waals surface area contributed by atoms with Crippen LogP contribution in [0, 0.1) is 6.92 Å².